The van der Waals surface area contributed by atoms with Gasteiger partial charge in [0, 0.05) is 18.0 Å². The van der Waals surface area contributed by atoms with E-state index in [1.807, 2.05) is 0 Å². The van der Waals surface area contributed by atoms with E-state index in [1.165, 1.54) is 42.4 Å². The Balaban J connectivity index is 2.01. The van der Waals surface area contributed by atoms with Crippen LogP contribution in [0.5, 0.6) is 0 Å². The lowest BCUT2D eigenvalue weighted by atomic mass is 10.1. The smallest absolute Gasteiger partial charge is 0.225 e. The summed E-state index contributed by atoms with van der Waals surface area (Å²) in [5.41, 5.74) is 0. The minimum absolute atomic E-state index is 0.374. The topological polar surface area (TPSA) is 29.0 Å². The van der Waals surface area contributed by atoms with Gasteiger partial charge in [-0.15, -0.1) is 11.3 Å². The maximum absolute atomic E-state index is 6.13. The molecule has 2 aromatic rings. The Bertz CT molecular complexity index is 588. The maximum Gasteiger partial charge on any atom is 0.225 e. The average molecular weight is 310 g/mol. The van der Waals surface area contributed by atoms with Gasteiger partial charge in [0.05, 0.1) is 5.39 Å². The molecule has 3 rings (SSSR count). The van der Waals surface area contributed by atoms with E-state index in [4.69, 9.17) is 11.6 Å². The highest BCUT2D eigenvalue weighted by Gasteiger charge is 2.17. The number of thiophene rings is 1. The summed E-state index contributed by atoms with van der Waals surface area (Å²) in [6.07, 6.45) is 7.54. The lowest BCUT2D eigenvalue weighted by molar-refractivity contribution is 0.554. The SMILES string of the molecule is CCc1cc2c(N3CCCCCCC3)nc(Cl)nc2s1. The lowest BCUT2D eigenvalue weighted by Gasteiger charge is -2.26. The molecule has 0 aliphatic carbocycles. The molecule has 1 aliphatic rings. The largest absolute Gasteiger partial charge is 0.356 e. The molecule has 0 aromatic carbocycles. The molecule has 0 saturated carbocycles. The Morgan fingerprint density at radius 1 is 1.15 bits per heavy atom. The fraction of sp³-hybridized carbons (Fsp3) is 0.600. The van der Waals surface area contributed by atoms with E-state index in [2.05, 4.69) is 27.9 Å². The average Bonchev–Trinajstić information content (AvgIpc) is 2.80. The van der Waals surface area contributed by atoms with Gasteiger partial charge >= 0.3 is 0 Å². The van der Waals surface area contributed by atoms with E-state index in [1.54, 1.807) is 11.3 Å². The van der Waals surface area contributed by atoms with Gasteiger partial charge in [0.25, 0.3) is 0 Å². The molecule has 108 valence electrons. The first-order chi connectivity index (χ1) is 9.78. The zero-order valence-electron chi connectivity index (χ0n) is 11.9. The number of hydrogen-bond acceptors (Lipinski definition) is 4. The molecule has 0 unspecified atom stereocenters. The number of rotatable bonds is 2. The minimum atomic E-state index is 0.374. The van der Waals surface area contributed by atoms with Gasteiger partial charge in [0.2, 0.25) is 5.28 Å². The van der Waals surface area contributed by atoms with Gasteiger partial charge in [-0.3, -0.25) is 0 Å². The standard InChI is InChI=1S/C15H20ClN3S/c1-2-11-10-12-13(17-15(16)18-14(12)20-11)19-8-6-4-3-5-7-9-19/h10H,2-9H2,1H3. The number of halogens is 1. The van der Waals surface area contributed by atoms with Crippen molar-refractivity contribution in [1.82, 2.24) is 9.97 Å². The number of nitrogens with zero attached hydrogens (tertiary/aromatic N) is 3. The van der Waals surface area contributed by atoms with E-state index in [0.29, 0.717) is 5.28 Å². The molecule has 1 saturated heterocycles. The van der Waals surface area contributed by atoms with Crippen molar-refractivity contribution in [3.63, 3.8) is 0 Å². The first-order valence-electron chi connectivity index (χ1n) is 7.49. The van der Waals surface area contributed by atoms with Crippen LogP contribution in [0.1, 0.15) is 43.9 Å². The van der Waals surface area contributed by atoms with Gasteiger partial charge in [0.15, 0.2) is 0 Å². The molecule has 2 aromatic heterocycles. The Morgan fingerprint density at radius 3 is 2.55 bits per heavy atom. The number of fused-ring (bicyclic) bond motifs is 1. The van der Waals surface area contributed by atoms with Crippen molar-refractivity contribution in [2.24, 2.45) is 0 Å². The van der Waals surface area contributed by atoms with Crippen molar-refractivity contribution in [2.75, 3.05) is 18.0 Å². The highest BCUT2D eigenvalue weighted by atomic mass is 35.5. The lowest BCUT2D eigenvalue weighted by Crippen LogP contribution is -2.28. The maximum atomic E-state index is 6.13. The predicted molar refractivity (Wildman–Crippen MR) is 87.1 cm³/mol. The highest BCUT2D eigenvalue weighted by Crippen LogP contribution is 2.33. The molecule has 0 amide bonds. The Labute approximate surface area is 129 Å². The van der Waals surface area contributed by atoms with E-state index in [0.717, 1.165) is 30.2 Å². The molecule has 1 fully saturated rings. The van der Waals surface area contributed by atoms with Crippen molar-refractivity contribution < 1.29 is 0 Å². The quantitative estimate of drug-likeness (QED) is 0.754. The highest BCUT2D eigenvalue weighted by molar-refractivity contribution is 7.18. The van der Waals surface area contributed by atoms with Gasteiger partial charge in [-0.25, -0.2) is 4.98 Å². The van der Waals surface area contributed by atoms with Gasteiger partial charge in [-0.1, -0.05) is 26.2 Å². The van der Waals surface area contributed by atoms with Crippen molar-refractivity contribution in [2.45, 2.75) is 45.4 Å². The van der Waals surface area contributed by atoms with Gasteiger partial charge < -0.3 is 4.90 Å². The summed E-state index contributed by atoms with van der Waals surface area (Å²) in [6, 6.07) is 2.24. The van der Waals surface area contributed by atoms with Gasteiger partial charge in [-0.05, 0) is 36.9 Å². The molecule has 3 nitrogen and oxygen atoms in total. The van der Waals surface area contributed by atoms with Crippen LogP contribution >= 0.6 is 22.9 Å². The summed E-state index contributed by atoms with van der Waals surface area (Å²) in [7, 11) is 0. The third-order valence-electron chi connectivity index (χ3n) is 3.90. The molecule has 20 heavy (non-hydrogen) atoms. The number of aromatic nitrogens is 2. The third-order valence-corrected chi connectivity index (χ3v) is 5.24. The summed E-state index contributed by atoms with van der Waals surface area (Å²) >= 11 is 7.86. The molecule has 5 heteroatoms. The fourth-order valence-corrected chi connectivity index (χ4v) is 3.98. The van der Waals surface area contributed by atoms with E-state index in [9.17, 15) is 0 Å². The van der Waals surface area contributed by atoms with Crippen LogP contribution in [-0.2, 0) is 6.42 Å². The second-order valence-corrected chi connectivity index (χ2v) is 6.81. The Hall–Kier alpha value is -0.870. The summed E-state index contributed by atoms with van der Waals surface area (Å²) in [5.74, 6) is 1.04. The van der Waals surface area contributed by atoms with Crippen LogP contribution in [-0.4, -0.2) is 23.1 Å². The first-order valence-corrected chi connectivity index (χ1v) is 8.68. The molecule has 0 bridgehead atoms. The van der Waals surface area contributed by atoms with Crippen molar-refractivity contribution >= 4 is 39.0 Å². The van der Waals surface area contributed by atoms with Crippen LogP contribution in [0.4, 0.5) is 5.82 Å². The van der Waals surface area contributed by atoms with E-state index < -0.39 is 0 Å². The molecular formula is C15H20ClN3S. The Morgan fingerprint density at radius 2 is 1.85 bits per heavy atom. The van der Waals surface area contributed by atoms with Gasteiger partial charge in [-0.2, -0.15) is 4.98 Å². The zero-order chi connectivity index (χ0) is 13.9. The normalized spacial score (nSPS) is 17.2. The molecule has 3 heterocycles. The van der Waals surface area contributed by atoms with E-state index >= 15 is 0 Å². The molecule has 0 spiro atoms. The van der Waals surface area contributed by atoms with Crippen LogP contribution in [0.25, 0.3) is 10.2 Å². The second kappa shape index (κ2) is 6.27. The molecule has 1 aliphatic heterocycles. The van der Waals surface area contributed by atoms with Crippen molar-refractivity contribution in [3.05, 3.63) is 16.2 Å². The second-order valence-electron chi connectivity index (χ2n) is 5.36. The molecule has 0 radical (unpaired) electrons. The van der Waals surface area contributed by atoms with Gasteiger partial charge in [0.1, 0.15) is 10.6 Å². The Kier molecular flexibility index (Phi) is 4.41. The summed E-state index contributed by atoms with van der Waals surface area (Å²) in [6.45, 7) is 4.34. The predicted octanol–water partition coefficient (Wildman–Crippen LogP) is 4.68. The third kappa shape index (κ3) is 2.91. The number of aryl methyl sites for hydroxylation is 1. The number of hydrogen-bond donors (Lipinski definition) is 0. The monoisotopic (exact) mass is 309 g/mol. The van der Waals surface area contributed by atoms with Crippen LogP contribution in [0.2, 0.25) is 5.28 Å². The number of anilines is 1. The van der Waals surface area contributed by atoms with Crippen molar-refractivity contribution in [3.8, 4) is 0 Å². The van der Waals surface area contributed by atoms with Crippen LogP contribution in [0.15, 0.2) is 6.07 Å². The van der Waals surface area contributed by atoms with Crippen LogP contribution in [0, 0.1) is 0 Å². The van der Waals surface area contributed by atoms with E-state index in [-0.39, 0.29) is 0 Å². The van der Waals surface area contributed by atoms with Crippen molar-refractivity contribution in [1.29, 1.82) is 0 Å². The summed E-state index contributed by atoms with van der Waals surface area (Å²) in [5, 5.41) is 1.55. The molecule has 0 N–H and O–H groups in total. The first kappa shape index (κ1) is 14.1. The van der Waals surface area contributed by atoms with Crippen LogP contribution < -0.4 is 4.90 Å². The van der Waals surface area contributed by atoms with Crippen LogP contribution in [0.3, 0.4) is 0 Å². The molecule has 0 atom stereocenters. The summed E-state index contributed by atoms with van der Waals surface area (Å²) < 4.78 is 0. The fourth-order valence-electron chi connectivity index (χ4n) is 2.81. The molecular weight excluding hydrogens is 290 g/mol. The summed E-state index contributed by atoms with van der Waals surface area (Å²) in [4.78, 5) is 13.7. The minimum Gasteiger partial charge on any atom is -0.356 e. The zero-order valence-corrected chi connectivity index (χ0v) is 13.4.